The zero-order valence-corrected chi connectivity index (χ0v) is 15.4. The van der Waals surface area contributed by atoms with Gasteiger partial charge in [0, 0.05) is 39.1 Å². The molecule has 2 heterocycles. The van der Waals surface area contributed by atoms with E-state index in [1.54, 1.807) is 19.5 Å². The van der Waals surface area contributed by atoms with Crippen molar-refractivity contribution in [1.29, 1.82) is 0 Å². The molecule has 0 spiro atoms. The van der Waals surface area contributed by atoms with Crippen molar-refractivity contribution in [2.45, 2.75) is 19.3 Å². The number of aromatic nitrogens is 1. The van der Waals surface area contributed by atoms with Gasteiger partial charge in [0.05, 0.1) is 17.9 Å². The van der Waals surface area contributed by atoms with E-state index in [4.69, 9.17) is 4.74 Å². The Hall–Kier alpha value is -2.40. The van der Waals surface area contributed by atoms with Crippen molar-refractivity contribution < 1.29 is 9.53 Å². The van der Waals surface area contributed by atoms with Crippen molar-refractivity contribution in [2.24, 2.45) is 5.92 Å². The number of hydrogen-bond donors (Lipinski definition) is 1. The van der Waals surface area contributed by atoms with Crippen LogP contribution in [0.3, 0.4) is 0 Å². The molecule has 26 heavy (non-hydrogen) atoms. The molecule has 1 aromatic heterocycles. The highest BCUT2D eigenvalue weighted by atomic mass is 16.5. The number of nitrogens with one attached hydrogen (secondary N) is 1. The van der Waals surface area contributed by atoms with Crippen LogP contribution in [0.4, 0.5) is 5.69 Å². The van der Waals surface area contributed by atoms with E-state index in [1.807, 2.05) is 11.0 Å². The highest BCUT2D eigenvalue weighted by molar-refractivity contribution is 5.94. The molecule has 5 nitrogen and oxygen atoms in total. The maximum Gasteiger partial charge on any atom is 0.255 e. The highest BCUT2D eigenvalue weighted by Crippen LogP contribution is 2.23. The number of likely N-dealkylation sites (tertiary alicyclic amines) is 1. The molecule has 1 N–H and O–H groups in total. The average Bonchev–Trinajstić information content (AvgIpc) is 2.69. The molecule has 138 valence electrons. The van der Waals surface area contributed by atoms with Crippen LogP contribution in [-0.2, 0) is 11.2 Å². The second-order valence-corrected chi connectivity index (χ2v) is 6.81. The summed E-state index contributed by atoms with van der Waals surface area (Å²) in [5, 5.41) is 3.22. The van der Waals surface area contributed by atoms with E-state index in [9.17, 15) is 4.79 Å². The van der Waals surface area contributed by atoms with Crippen molar-refractivity contribution >= 4 is 11.6 Å². The summed E-state index contributed by atoms with van der Waals surface area (Å²) in [6.45, 7) is 2.95. The molecule has 0 aliphatic carbocycles. The van der Waals surface area contributed by atoms with Gasteiger partial charge >= 0.3 is 0 Å². The SMILES string of the molecule is COCCNc1cncc(C(=O)N2CCC(Cc3ccccc3)CC2)c1. The third-order valence-electron chi connectivity index (χ3n) is 4.89. The molecule has 1 amide bonds. The number of amides is 1. The van der Waals surface area contributed by atoms with Gasteiger partial charge in [0.2, 0.25) is 0 Å². The fourth-order valence-electron chi connectivity index (χ4n) is 3.42. The van der Waals surface area contributed by atoms with Crippen molar-refractivity contribution in [1.82, 2.24) is 9.88 Å². The van der Waals surface area contributed by atoms with Gasteiger partial charge in [-0.1, -0.05) is 30.3 Å². The number of methoxy groups -OCH3 is 1. The van der Waals surface area contributed by atoms with Crippen molar-refractivity contribution in [2.75, 3.05) is 38.7 Å². The first-order valence-corrected chi connectivity index (χ1v) is 9.27. The van der Waals surface area contributed by atoms with Crippen LogP contribution >= 0.6 is 0 Å². The average molecular weight is 353 g/mol. The van der Waals surface area contributed by atoms with Crippen LogP contribution in [0.25, 0.3) is 0 Å². The van der Waals surface area contributed by atoms with E-state index >= 15 is 0 Å². The van der Waals surface area contributed by atoms with Gasteiger partial charge in [-0.3, -0.25) is 9.78 Å². The Kier molecular flexibility index (Phi) is 6.61. The van der Waals surface area contributed by atoms with E-state index in [2.05, 4.69) is 40.6 Å². The molecule has 3 rings (SSSR count). The van der Waals surface area contributed by atoms with Crippen LogP contribution < -0.4 is 5.32 Å². The molecule has 0 bridgehead atoms. The minimum Gasteiger partial charge on any atom is -0.383 e. The summed E-state index contributed by atoms with van der Waals surface area (Å²) < 4.78 is 5.03. The quantitative estimate of drug-likeness (QED) is 0.777. The molecule has 1 aliphatic rings. The topological polar surface area (TPSA) is 54.5 Å². The maximum atomic E-state index is 12.8. The van der Waals surface area contributed by atoms with Gasteiger partial charge < -0.3 is 15.0 Å². The molecule has 0 saturated carbocycles. The predicted molar refractivity (Wildman–Crippen MR) is 103 cm³/mol. The Labute approximate surface area is 155 Å². The summed E-state index contributed by atoms with van der Waals surface area (Å²) in [5.41, 5.74) is 2.89. The van der Waals surface area contributed by atoms with Crippen LogP contribution in [-0.4, -0.2) is 49.1 Å². The molecule has 5 heteroatoms. The van der Waals surface area contributed by atoms with Gasteiger partial charge in [-0.15, -0.1) is 0 Å². The smallest absolute Gasteiger partial charge is 0.255 e. The summed E-state index contributed by atoms with van der Waals surface area (Å²) in [7, 11) is 1.67. The summed E-state index contributed by atoms with van der Waals surface area (Å²) in [6, 6.07) is 12.5. The number of ether oxygens (including phenoxy) is 1. The molecule has 1 saturated heterocycles. The first kappa shape index (κ1) is 18.4. The second-order valence-electron chi connectivity index (χ2n) is 6.81. The van der Waals surface area contributed by atoms with Gasteiger partial charge in [0.1, 0.15) is 0 Å². The lowest BCUT2D eigenvalue weighted by Crippen LogP contribution is -2.39. The van der Waals surface area contributed by atoms with Crippen molar-refractivity contribution in [3.8, 4) is 0 Å². The number of carbonyl (C=O) groups excluding carboxylic acids is 1. The lowest BCUT2D eigenvalue weighted by molar-refractivity contribution is 0.0690. The molecule has 0 radical (unpaired) electrons. The number of benzene rings is 1. The number of piperidine rings is 1. The minimum absolute atomic E-state index is 0.0750. The molecule has 1 fully saturated rings. The molecule has 1 aromatic carbocycles. The third kappa shape index (κ3) is 5.05. The van der Waals surface area contributed by atoms with Crippen LogP contribution in [0.2, 0.25) is 0 Å². The molecule has 0 unspecified atom stereocenters. The van der Waals surface area contributed by atoms with Crippen LogP contribution in [0, 0.1) is 5.92 Å². The number of rotatable bonds is 7. The van der Waals surface area contributed by atoms with E-state index in [-0.39, 0.29) is 5.91 Å². The summed E-state index contributed by atoms with van der Waals surface area (Å²) in [5.74, 6) is 0.729. The van der Waals surface area contributed by atoms with E-state index in [0.717, 1.165) is 38.0 Å². The first-order chi connectivity index (χ1) is 12.8. The van der Waals surface area contributed by atoms with Crippen LogP contribution in [0.1, 0.15) is 28.8 Å². The molecule has 1 aliphatic heterocycles. The van der Waals surface area contributed by atoms with E-state index in [1.165, 1.54) is 5.56 Å². The van der Waals surface area contributed by atoms with Gasteiger partial charge in [0.25, 0.3) is 5.91 Å². The Morgan fingerprint density at radius 1 is 1.23 bits per heavy atom. The predicted octanol–water partition coefficient (Wildman–Crippen LogP) is 3.23. The second kappa shape index (κ2) is 9.34. The lowest BCUT2D eigenvalue weighted by atomic mass is 9.90. The van der Waals surface area contributed by atoms with Gasteiger partial charge in [0.15, 0.2) is 0 Å². The highest BCUT2D eigenvalue weighted by Gasteiger charge is 2.24. The summed E-state index contributed by atoms with van der Waals surface area (Å²) in [4.78, 5) is 18.9. The number of nitrogens with zero attached hydrogens (tertiary/aromatic N) is 2. The van der Waals surface area contributed by atoms with Crippen molar-refractivity contribution in [3.63, 3.8) is 0 Å². The van der Waals surface area contributed by atoms with Crippen molar-refractivity contribution in [3.05, 3.63) is 59.9 Å². The van der Waals surface area contributed by atoms with Gasteiger partial charge in [-0.25, -0.2) is 0 Å². The van der Waals surface area contributed by atoms with Crippen LogP contribution in [0.15, 0.2) is 48.8 Å². The van der Waals surface area contributed by atoms with Gasteiger partial charge in [-0.2, -0.15) is 0 Å². The first-order valence-electron chi connectivity index (χ1n) is 9.27. The number of pyridine rings is 1. The van der Waals surface area contributed by atoms with E-state index in [0.29, 0.717) is 24.6 Å². The Morgan fingerprint density at radius 3 is 2.73 bits per heavy atom. The molecule has 0 atom stereocenters. The zero-order chi connectivity index (χ0) is 18.2. The summed E-state index contributed by atoms with van der Waals surface area (Å²) in [6.07, 6.45) is 6.60. The Morgan fingerprint density at radius 2 is 2.00 bits per heavy atom. The number of anilines is 1. The monoisotopic (exact) mass is 353 g/mol. The Bertz CT molecular complexity index is 697. The summed E-state index contributed by atoms with van der Waals surface area (Å²) >= 11 is 0. The largest absolute Gasteiger partial charge is 0.383 e. The zero-order valence-electron chi connectivity index (χ0n) is 15.4. The number of carbonyl (C=O) groups is 1. The van der Waals surface area contributed by atoms with Crippen LogP contribution in [0.5, 0.6) is 0 Å². The third-order valence-corrected chi connectivity index (χ3v) is 4.89. The normalized spacial score (nSPS) is 15.0. The fourth-order valence-corrected chi connectivity index (χ4v) is 3.42. The lowest BCUT2D eigenvalue weighted by Gasteiger charge is -2.32. The molecular weight excluding hydrogens is 326 g/mol. The minimum atomic E-state index is 0.0750. The fraction of sp³-hybridized carbons (Fsp3) is 0.429. The number of hydrogen-bond acceptors (Lipinski definition) is 4. The molecular formula is C21H27N3O2. The maximum absolute atomic E-state index is 12.8. The van der Waals surface area contributed by atoms with Gasteiger partial charge in [-0.05, 0) is 36.8 Å². The standard InChI is InChI=1S/C21H27N3O2/c1-26-12-9-23-20-14-19(15-22-16-20)21(25)24-10-7-18(8-11-24)13-17-5-3-2-4-6-17/h2-6,14-16,18,23H,7-13H2,1H3. The van der Waals surface area contributed by atoms with E-state index < -0.39 is 0 Å². The molecule has 2 aromatic rings. The Balaban J connectivity index is 1.52.